The number of aliphatic carboxylic acids is 1. The molecule has 11 nitrogen and oxygen atoms in total. The number of nitrogens with zero attached hydrogens (tertiary/aromatic N) is 4. The third kappa shape index (κ3) is 9.14. The molecule has 294 valence electrons. The van der Waals surface area contributed by atoms with Crippen molar-refractivity contribution in [1.29, 1.82) is 0 Å². The lowest BCUT2D eigenvalue weighted by molar-refractivity contribution is -0.138. The van der Waals surface area contributed by atoms with Crippen molar-refractivity contribution in [3.05, 3.63) is 99.6 Å². The Kier molecular flexibility index (Phi) is 11.8. The molecule has 1 saturated carbocycles. The third-order valence-electron chi connectivity index (χ3n) is 11.3. The van der Waals surface area contributed by atoms with Gasteiger partial charge in [0.05, 0.1) is 30.5 Å². The number of rotatable bonds is 12. The standard InChI is InChI=1S/C44H45N5O6S2/c1-54-42(53)40-38(10-5-23-55-33-15-13-28(14-16-33)11-12-29-24-32(25-29)30-17-20-48(21-18-30)27-39(50)51)57-44(46-40)49-22-19-31-6-4-7-34(35(31)26-49)41(52)47-43-45-36-8-2-3-9-37(36)56-43/h2-4,6-9,13-16,29-30,32H,5,10,17-27H2,1H3,(H,50,51)(H,45,47,52). The van der Waals surface area contributed by atoms with Crippen LogP contribution in [0.15, 0.2) is 66.7 Å². The molecule has 1 aliphatic carbocycles. The number of carboxylic acid groups (broad SMARTS) is 1. The SMILES string of the molecule is COC(=O)c1nc(N2CCc3cccc(C(=O)Nc4nc5ccccc5s4)c3C2)sc1CCCOc1ccc(C#CC2CC(C3CCN(CC(=O)O)CC3)C2)cc1. The monoisotopic (exact) mass is 803 g/mol. The lowest BCUT2D eigenvalue weighted by Crippen LogP contribution is -2.41. The fraction of sp³-hybridized carbons (Fsp3) is 0.386. The maximum Gasteiger partial charge on any atom is 0.357 e. The Bertz CT molecular complexity index is 2280. The topological polar surface area (TPSA) is 134 Å². The highest BCUT2D eigenvalue weighted by atomic mass is 32.1. The van der Waals surface area contributed by atoms with Gasteiger partial charge in [0.2, 0.25) is 0 Å². The van der Waals surface area contributed by atoms with Crippen LogP contribution in [0.1, 0.15) is 74.5 Å². The number of carbonyl (C=O) groups is 3. The van der Waals surface area contributed by atoms with Gasteiger partial charge in [-0.05, 0) is 123 Å². The number of piperidine rings is 1. The Morgan fingerprint density at radius 3 is 2.53 bits per heavy atom. The zero-order valence-electron chi connectivity index (χ0n) is 31.9. The molecule has 1 saturated heterocycles. The minimum absolute atomic E-state index is 0.150. The van der Waals surface area contributed by atoms with Crippen LogP contribution in [-0.4, -0.2) is 77.7 Å². The maximum absolute atomic E-state index is 13.5. The van der Waals surface area contributed by atoms with Gasteiger partial charge in [0, 0.05) is 35.0 Å². The van der Waals surface area contributed by atoms with Gasteiger partial charge in [-0.1, -0.05) is 47.4 Å². The van der Waals surface area contributed by atoms with Crippen LogP contribution < -0.4 is 15.0 Å². The van der Waals surface area contributed by atoms with E-state index in [0.29, 0.717) is 66.7 Å². The van der Waals surface area contributed by atoms with Gasteiger partial charge in [-0.2, -0.15) is 0 Å². The quantitative estimate of drug-likeness (QED) is 0.0741. The highest BCUT2D eigenvalue weighted by Crippen LogP contribution is 2.42. The first-order chi connectivity index (χ1) is 27.8. The molecule has 3 aliphatic rings. The van der Waals surface area contributed by atoms with Gasteiger partial charge < -0.3 is 19.5 Å². The number of likely N-dealkylation sites (tertiary alicyclic amines) is 1. The fourth-order valence-corrected chi connectivity index (χ4v) is 10.1. The summed E-state index contributed by atoms with van der Waals surface area (Å²) in [5.41, 5.74) is 4.83. The number of aromatic nitrogens is 2. The Balaban J connectivity index is 0.828. The van der Waals surface area contributed by atoms with Crippen LogP contribution in [0.25, 0.3) is 10.2 Å². The molecule has 57 heavy (non-hydrogen) atoms. The molecule has 3 aromatic carbocycles. The van der Waals surface area contributed by atoms with Gasteiger partial charge >= 0.3 is 11.9 Å². The number of hydrogen-bond donors (Lipinski definition) is 2. The van der Waals surface area contributed by atoms with Crippen LogP contribution in [0.4, 0.5) is 10.3 Å². The van der Waals surface area contributed by atoms with E-state index in [1.807, 2.05) is 65.6 Å². The van der Waals surface area contributed by atoms with Crippen molar-refractivity contribution in [2.75, 3.05) is 50.1 Å². The summed E-state index contributed by atoms with van der Waals surface area (Å²) in [5, 5.41) is 13.3. The maximum atomic E-state index is 13.5. The van der Waals surface area contributed by atoms with Crippen LogP contribution in [0.5, 0.6) is 5.75 Å². The van der Waals surface area contributed by atoms with E-state index in [0.717, 1.165) is 87.9 Å². The molecule has 8 rings (SSSR count). The molecule has 0 spiro atoms. The van der Waals surface area contributed by atoms with Crippen molar-refractivity contribution in [3.8, 4) is 17.6 Å². The highest BCUT2D eigenvalue weighted by molar-refractivity contribution is 7.22. The normalized spacial score (nSPS) is 18.2. The lowest BCUT2D eigenvalue weighted by atomic mass is 9.66. The van der Waals surface area contributed by atoms with Crippen LogP contribution in [-0.2, 0) is 28.9 Å². The second-order valence-corrected chi connectivity index (χ2v) is 17.1. The number of carbonyl (C=O) groups excluding carboxylic acids is 2. The van der Waals surface area contributed by atoms with E-state index in [4.69, 9.17) is 19.6 Å². The molecular weight excluding hydrogens is 759 g/mol. The van der Waals surface area contributed by atoms with Crippen LogP contribution >= 0.6 is 22.7 Å². The Morgan fingerprint density at radius 1 is 0.947 bits per heavy atom. The van der Waals surface area contributed by atoms with Gasteiger partial charge in [-0.3, -0.25) is 19.8 Å². The molecule has 0 radical (unpaired) electrons. The molecule has 2 fully saturated rings. The summed E-state index contributed by atoms with van der Waals surface area (Å²) in [7, 11) is 1.37. The molecular formula is C44H45N5O6S2. The minimum Gasteiger partial charge on any atom is -0.494 e. The number of nitrogens with one attached hydrogen (secondary N) is 1. The van der Waals surface area contributed by atoms with Crippen molar-refractivity contribution >= 4 is 61.0 Å². The van der Waals surface area contributed by atoms with Gasteiger partial charge in [0.25, 0.3) is 5.91 Å². The van der Waals surface area contributed by atoms with Gasteiger partial charge in [0.15, 0.2) is 16.0 Å². The summed E-state index contributed by atoms with van der Waals surface area (Å²) in [6, 6.07) is 21.5. The van der Waals surface area contributed by atoms with Crippen molar-refractivity contribution < 1.29 is 29.0 Å². The second-order valence-electron chi connectivity index (χ2n) is 15.0. The number of para-hydroxylation sites is 1. The first-order valence-electron chi connectivity index (χ1n) is 19.6. The summed E-state index contributed by atoms with van der Waals surface area (Å²) >= 11 is 2.94. The molecule has 2 aliphatic heterocycles. The summed E-state index contributed by atoms with van der Waals surface area (Å²) in [6.07, 6.45) is 6.48. The van der Waals surface area contributed by atoms with Crippen molar-refractivity contribution in [1.82, 2.24) is 14.9 Å². The van der Waals surface area contributed by atoms with Gasteiger partial charge in [0.1, 0.15) is 5.75 Å². The molecule has 13 heteroatoms. The first-order valence-corrected chi connectivity index (χ1v) is 21.2. The Labute approximate surface area is 340 Å². The summed E-state index contributed by atoms with van der Waals surface area (Å²) in [5.74, 6) is 7.99. The number of anilines is 2. The molecule has 0 bridgehead atoms. The second kappa shape index (κ2) is 17.5. The summed E-state index contributed by atoms with van der Waals surface area (Å²) in [4.78, 5) is 51.7. The predicted molar refractivity (Wildman–Crippen MR) is 222 cm³/mol. The average Bonchev–Trinajstić information content (AvgIpc) is 3.83. The number of ether oxygens (including phenoxy) is 2. The number of carboxylic acids is 1. The molecule has 4 heterocycles. The number of thiazole rings is 2. The number of methoxy groups -OCH3 is 1. The number of hydrogen-bond acceptors (Lipinski definition) is 11. The van der Waals surface area contributed by atoms with Gasteiger partial charge in [-0.15, -0.1) is 11.3 Å². The molecule has 1 amide bonds. The first kappa shape index (κ1) is 38.6. The number of benzene rings is 3. The smallest absolute Gasteiger partial charge is 0.357 e. The Morgan fingerprint density at radius 2 is 1.75 bits per heavy atom. The van der Waals surface area contributed by atoms with E-state index in [1.165, 1.54) is 29.8 Å². The number of esters is 1. The van der Waals surface area contributed by atoms with E-state index in [1.54, 1.807) is 0 Å². The van der Waals surface area contributed by atoms with Crippen molar-refractivity contribution in [2.45, 2.75) is 51.5 Å². The number of amides is 1. The fourth-order valence-electron chi connectivity index (χ4n) is 8.13. The van der Waals surface area contributed by atoms with Crippen LogP contribution in [0.2, 0.25) is 0 Å². The van der Waals surface area contributed by atoms with E-state index < -0.39 is 11.9 Å². The van der Waals surface area contributed by atoms with Gasteiger partial charge in [-0.25, -0.2) is 14.8 Å². The largest absolute Gasteiger partial charge is 0.494 e. The lowest BCUT2D eigenvalue weighted by Gasteiger charge is -2.42. The van der Waals surface area contributed by atoms with E-state index >= 15 is 0 Å². The predicted octanol–water partition coefficient (Wildman–Crippen LogP) is 7.54. The average molecular weight is 804 g/mol. The molecule has 2 aromatic heterocycles. The number of fused-ring (bicyclic) bond motifs is 2. The highest BCUT2D eigenvalue weighted by Gasteiger charge is 2.36. The summed E-state index contributed by atoms with van der Waals surface area (Å²) < 4.78 is 12.2. The minimum atomic E-state index is -0.743. The third-order valence-corrected chi connectivity index (χ3v) is 13.4. The van der Waals surface area contributed by atoms with Crippen molar-refractivity contribution in [3.63, 3.8) is 0 Å². The molecule has 5 aromatic rings. The Hall–Kier alpha value is -5.29. The molecule has 2 N–H and O–H groups in total. The van der Waals surface area contributed by atoms with E-state index in [9.17, 15) is 14.4 Å². The molecule has 0 unspecified atom stereocenters. The van der Waals surface area contributed by atoms with E-state index in [-0.39, 0.29) is 12.5 Å². The molecule has 0 atom stereocenters. The van der Waals surface area contributed by atoms with Crippen LogP contribution in [0, 0.1) is 29.6 Å². The number of aryl methyl sites for hydroxylation is 1. The zero-order valence-corrected chi connectivity index (χ0v) is 33.5. The van der Waals surface area contributed by atoms with Crippen molar-refractivity contribution in [2.24, 2.45) is 17.8 Å². The zero-order chi connectivity index (χ0) is 39.3. The van der Waals surface area contributed by atoms with E-state index in [2.05, 4.69) is 33.1 Å². The van der Waals surface area contributed by atoms with Crippen LogP contribution in [0.3, 0.4) is 0 Å². The summed E-state index contributed by atoms with van der Waals surface area (Å²) in [6.45, 7) is 3.59.